The molecule has 1 aliphatic rings. The predicted octanol–water partition coefficient (Wildman–Crippen LogP) is 2.67. The van der Waals surface area contributed by atoms with Gasteiger partial charge >= 0.3 is 5.97 Å². The van der Waals surface area contributed by atoms with Gasteiger partial charge in [-0.15, -0.1) is 11.3 Å². The zero-order chi connectivity index (χ0) is 26.9. The van der Waals surface area contributed by atoms with Crippen LogP contribution >= 0.6 is 11.3 Å². The number of methoxy groups -OCH3 is 2. The number of likely N-dealkylation sites (tertiary alicyclic amines) is 1. The smallest absolute Gasteiger partial charge is 0.326 e. The molecular weight excluding hydrogens is 506 g/mol. The standard InChI is InChI=1S/C24H33N3O7S2/c1-23(2,3)16-8-7-15(11-18(16)34-5)21(28)27-17(22(29)30)12-24(14-33-4,13-26-36(6,31)32)19(27)20-25-9-10-35-20/h7-11,17,19,26H,12-14H2,1-6H3,(H,29,30). The lowest BCUT2D eigenvalue weighted by molar-refractivity contribution is -0.141. The number of hydrogen-bond acceptors (Lipinski definition) is 8. The van der Waals surface area contributed by atoms with Crippen LogP contribution in [0.15, 0.2) is 29.8 Å². The lowest BCUT2D eigenvalue weighted by Gasteiger charge is -2.36. The molecule has 1 saturated heterocycles. The van der Waals surface area contributed by atoms with Gasteiger partial charge in [0, 0.05) is 36.2 Å². The summed E-state index contributed by atoms with van der Waals surface area (Å²) in [6.07, 6.45) is 2.58. The van der Waals surface area contributed by atoms with Gasteiger partial charge in [0.1, 0.15) is 16.8 Å². The van der Waals surface area contributed by atoms with E-state index in [1.807, 2.05) is 26.8 Å². The molecule has 1 amide bonds. The number of nitrogens with zero attached hydrogens (tertiary/aromatic N) is 2. The van der Waals surface area contributed by atoms with E-state index in [-0.39, 0.29) is 30.6 Å². The molecule has 2 heterocycles. The maximum absolute atomic E-state index is 14.0. The summed E-state index contributed by atoms with van der Waals surface area (Å²) in [6.45, 7) is 5.97. The van der Waals surface area contributed by atoms with Gasteiger partial charge in [-0.2, -0.15) is 0 Å². The summed E-state index contributed by atoms with van der Waals surface area (Å²) in [5, 5.41) is 12.4. The fraction of sp³-hybridized carbons (Fsp3) is 0.542. The first kappa shape index (κ1) is 28.0. The van der Waals surface area contributed by atoms with E-state index in [1.54, 1.807) is 23.7 Å². The molecule has 2 N–H and O–H groups in total. The summed E-state index contributed by atoms with van der Waals surface area (Å²) in [4.78, 5) is 32.1. The van der Waals surface area contributed by atoms with Crippen molar-refractivity contribution in [2.24, 2.45) is 5.41 Å². The summed E-state index contributed by atoms with van der Waals surface area (Å²) in [6, 6.07) is 3.02. The van der Waals surface area contributed by atoms with Crippen LogP contribution in [0.2, 0.25) is 0 Å². The molecule has 198 valence electrons. The first-order valence-corrected chi connectivity index (χ1v) is 14.1. The Bertz CT molecular complexity index is 1210. The lowest BCUT2D eigenvalue weighted by atomic mass is 9.80. The van der Waals surface area contributed by atoms with Gasteiger partial charge in [-0.05, 0) is 29.5 Å². The quantitative estimate of drug-likeness (QED) is 0.497. The van der Waals surface area contributed by atoms with Gasteiger partial charge in [-0.3, -0.25) is 4.79 Å². The van der Waals surface area contributed by atoms with E-state index in [0.29, 0.717) is 10.8 Å². The zero-order valence-electron chi connectivity index (χ0n) is 21.3. The molecule has 36 heavy (non-hydrogen) atoms. The molecule has 1 aliphatic heterocycles. The summed E-state index contributed by atoms with van der Waals surface area (Å²) < 4.78 is 37.5. The number of aliphatic carboxylic acids is 1. The second-order valence-electron chi connectivity index (χ2n) is 10.1. The van der Waals surface area contributed by atoms with Crippen LogP contribution in [0.5, 0.6) is 5.75 Å². The number of carbonyl (C=O) groups is 2. The summed E-state index contributed by atoms with van der Waals surface area (Å²) >= 11 is 1.27. The highest BCUT2D eigenvalue weighted by Crippen LogP contribution is 2.51. The minimum absolute atomic E-state index is 0.0135. The summed E-state index contributed by atoms with van der Waals surface area (Å²) in [5.41, 5.74) is -0.139. The number of amides is 1. The number of carboxylic acids is 1. The Hall–Kier alpha value is -2.54. The number of hydrogen-bond donors (Lipinski definition) is 2. The van der Waals surface area contributed by atoms with E-state index in [4.69, 9.17) is 9.47 Å². The van der Waals surface area contributed by atoms with Crippen LogP contribution in [0.3, 0.4) is 0 Å². The number of carboxylic acid groups (broad SMARTS) is 1. The Kier molecular flexibility index (Phi) is 8.13. The van der Waals surface area contributed by atoms with Crippen molar-refractivity contribution in [3.63, 3.8) is 0 Å². The molecule has 0 bridgehead atoms. The number of aromatic nitrogens is 1. The topological polar surface area (TPSA) is 135 Å². The van der Waals surface area contributed by atoms with E-state index in [1.165, 1.54) is 30.5 Å². The molecular formula is C24H33N3O7S2. The van der Waals surface area contributed by atoms with Gasteiger partial charge in [-0.25, -0.2) is 22.9 Å². The molecule has 3 rings (SSSR count). The number of carbonyl (C=O) groups excluding carboxylic acids is 1. The molecule has 0 radical (unpaired) electrons. The Morgan fingerprint density at radius 2 is 2.00 bits per heavy atom. The molecule has 12 heteroatoms. The van der Waals surface area contributed by atoms with Crippen LogP contribution in [0.1, 0.15) is 54.2 Å². The highest BCUT2D eigenvalue weighted by molar-refractivity contribution is 7.88. The third-order valence-electron chi connectivity index (χ3n) is 6.37. The highest BCUT2D eigenvalue weighted by Gasteiger charge is 2.58. The number of sulfonamides is 1. The van der Waals surface area contributed by atoms with Crippen molar-refractivity contribution in [1.82, 2.24) is 14.6 Å². The van der Waals surface area contributed by atoms with Crippen LogP contribution in [0.4, 0.5) is 0 Å². The SMILES string of the molecule is COCC1(CNS(C)(=O)=O)CC(C(=O)O)N(C(=O)c2ccc(C(C)(C)C)c(OC)c2)C1c1nccs1. The second kappa shape index (κ2) is 10.4. The fourth-order valence-corrected chi connectivity index (χ4v) is 6.22. The Balaban J connectivity index is 2.17. The van der Waals surface area contributed by atoms with Gasteiger partial charge in [-0.1, -0.05) is 26.8 Å². The van der Waals surface area contributed by atoms with Gasteiger partial charge in [0.05, 0.1) is 26.0 Å². The van der Waals surface area contributed by atoms with Crippen molar-refractivity contribution in [3.05, 3.63) is 45.9 Å². The second-order valence-corrected chi connectivity index (χ2v) is 12.9. The maximum atomic E-state index is 14.0. The van der Waals surface area contributed by atoms with E-state index >= 15 is 0 Å². The largest absolute Gasteiger partial charge is 0.496 e. The number of thiazole rings is 1. The van der Waals surface area contributed by atoms with Gasteiger partial charge < -0.3 is 19.5 Å². The molecule has 1 aromatic carbocycles. The first-order valence-electron chi connectivity index (χ1n) is 11.3. The minimum atomic E-state index is -3.61. The number of benzene rings is 1. The third kappa shape index (κ3) is 5.72. The molecule has 10 nitrogen and oxygen atoms in total. The molecule has 1 fully saturated rings. The number of nitrogens with one attached hydrogen (secondary N) is 1. The van der Waals surface area contributed by atoms with E-state index in [9.17, 15) is 23.1 Å². The summed E-state index contributed by atoms with van der Waals surface area (Å²) in [7, 11) is -0.628. The molecule has 1 aromatic heterocycles. The summed E-state index contributed by atoms with van der Waals surface area (Å²) in [5.74, 6) is -1.19. The number of ether oxygens (including phenoxy) is 2. The van der Waals surface area contributed by atoms with Crippen LogP contribution in [-0.4, -0.2) is 75.0 Å². The van der Waals surface area contributed by atoms with E-state index in [0.717, 1.165) is 11.8 Å². The van der Waals surface area contributed by atoms with Crippen molar-refractivity contribution < 1.29 is 32.6 Å². The van der Waals surface area contributed by atoms with Gasteiger partial charge in [0.25, 0.3) is 5.91 Å². The lowest BCUT2D eigenvalue weighted by Crippen LogP contribution is -2.46. The molecule has 3 atom stereocenters. The van der Waals surface area contributed by atoms with Crippen molar-refractivity contribution in [3.8, 4) is 5.75 Å². The van der Waals surface area contributed by atoms with Crippen LogP contribution in [0, 0.1) is 5.41 Å². The Morgan fingerprint density at radius 3 is 2.50 bits per heavy atom. The van der Waals surface area contributed by atoms with Crippen molar-refractivity contribution >= 4 is 33.2 Å². The highest BCUT2D eigenvalue weighted by atomic mass is 32.2. The van der Waals surface area contributed by atoms with Crippen LogP contribution in [-0.2, 0) is 25.0 Å². The Morgan fingerprint density at radius 1 is 1.31 bits per heavy atom. The monoisotopic (exact) mass is 539 g/mol. The third-order valence-corrected chi connectivity index (χ3v) is 7.87. The zero-order valence-corrected chi connectivity index (χ0v) is 22.9. The number of rotatable bonds is 9. The van der Waals surface area contributed by atoms with Gasteiger partial charge in [0.15, 0.2) is 0 Å². The maximum Gasteiger partial charge on any atom is 0.326 e. The normalized spacial score (nSPS) is 22.6. The molecule has 2 aromatic rings. The van der Waals surface area contributed by atoms with E-state index < -0.39 is 39.4 Å². The van der Waals surface area contributed by atoms with Crippen molar-refractivity contribution in [1.29, 1.82) is 0 Å². The minimum Gasteiger partial charge on any atom is -0.496 e. The average Bonchev–Trinajstić information content (AvgIpc) is 3.42. The molecule has 0 spiro atoms. The van der Waals surface area contributed by atoms with Gasteiger partial charge in [0.2, 0.25) is 10.0 Å². The average molecular weight is 540 g/mol. The fourth-order valence-electron chi connectivity index (χ4n) is 4.80. The van der Waals surface area contributed by atoms with Crippen molar-refractivity contribution in [2.45, 2.75) is 44.7 Å². The van der Waals surface area contributed by atoms with Crippen LogP contribution < -0.4 is 9.46 Å². The Labute approximate surface area is 215 Å². The molecule has 0 saturated carbocycles. The molecule has 0 aliphatic carbocycles. The first-order chi connectivity index (χ1) is 16.7. The van der Waals surface area contributed by atoms with Crippen molar-refractivity contribution in [2.75, 3.05) is 33.6 Å². The predicted molar refractivity (Wildman–Crippen MR) is 136 cm³/mol. The molecule has 3 unspecified atom stereocenters. The van der Waals surface area contributed by atoms with Crippen LogP contribution in [0.25, 0.3) is 0 Å². The van der Waals surface area contributed by atoms with E-state index in [2.05, 4.69) is 9.71 Å².